The summed E-state index contributed by atoms with van der Waals surface area (Å²) < 4.78 is 5.33. The van der Waals surface area contributed by atoms with E-state index in [1.165, 1.54) is 25.7 Å². The van der Waals surface area contributed by atoms with E-state index < -0.39 is 5.60 Å². The van der Waals surface area contributed by atoms with Crippen LogP contribution >= 0.6 is 0 Å². The Morgan fingerprint density at radius 2 is 1.72 bits per heavy atom. The quantitative estimate of drug-likeness (QED) is 0.569. The van der Waals surface area contributed by atoms with Gasteiger partial charge in [-0.3, -0.25) is 4.90 Å². The van der Waals surface area contributed by atoms with Crippen LogP contribution in [0.15, 0.2) is 0 Å². The van der Waals surface area contributed by atoms with Gasteiger partial charge in [-0.1, -0.05) is 25.7 Å². The molecule has 2 fully saturated rings. The predicted molar refractivity (Wildman–Crippen MR) is 72.8 cm³/mol. The van der Waals surface area contributed by atoms with E-state index >= 15 is 0 Å². The molecule has 1 saturated carbocycles. The molecule has 0 radical (unpaired) electrons. The highest BCUT2D eigenvalue weighted by molar-refractivity contribution is 4.83. The van der Waals surface area contributed by atoms with Crippen molar-refractivity contribution in [3.63, 3.8) is 0 Å². The lowest BCUT2D eigenvalue weighted by Crippen LogP contribution is -2.44. The summed E-state index contributed by atoms with van der Waals surface area (Å²) in [6, 6.07) is 0. The second-order valence-electron chi connectivity index (χ2n) is 5.77. The van der Waals surface area contributed by atoms with Crippen molar-refractivity contribution in [3.8, 4) is 0 Å². The molecule has 0 bridgehead atoms. The van der Waals surface area contributed by atoms with Crippen LogP contribution in [0.25, 0.3) is 0 Å². The van der Waals surface area contributed by atoms with E-state index in [1.807, 2.05) is 0 Å². The lowest BCUT2D eigenvalue weighted by Gasteiger charge is -2.29. The van der Waals surface area contributed by atoms with Gasteiger partial charge in [0, 0.05) is 32.7 Å². The monoisotopic (exact) mass is 256 g/mol. The molecular formula is C14H28N2O2. The van der Waals surface area contributed by atoms with Gasteiger partial charge in [0.05, 0.1) is 18.8 Å². The fourth-order valence-electron chi connectivity index (χ4n) is 2.95. The molecular weight excluding hydrogens is 228 g/mol. The Bertz CT molecular complexity index is 222. The Morgan fingerprint density at radius 1 is 1.06 bits per heavy atom. The summed E-state index contributed by atoms with van der Waals surface area (Å²) in [5.41, 5.74) is -0.443. The van der Waals surface area contributed by atoms with Gasteiger partial charge < -0.3 is 15.2 Å². The first-order valence-corrected chi connectivity index (χ1v) is 7.52. The van der Waals surface area contributed by atoms with Crippen molar-refractivity contribution in [2.45, 2.75) is 44.1 Å². The lowest BCUT2D eigenvalue weighted by atomic mass is 9.94. The van der Waals surface area contributed by atoms with Crippen LogP contribution in [0, 0.1) is 0 Å². The van der Waals surface area contributed by atoms with Gasteiger partial charge in [0.15, 0.2) is 0 Å². The van der Waals surface area contributed by atoms with E-state index in [1.54, 1.807) is 0 Å². The molecule has 2 rings (SSSR count). The fraction of sp³-hybridized carbons (Fsp3) is 1.00. The smallest absolute Gasteiger partial charge is 0.0771 e. The molecule has 1 saturated heterocycles. The molecule has 0 spiro atoms. The van der Waals surface area contributed by atoms with E-state index in [0.717, 1.165) is 58.8 Å². The van der Waals surface area contributed by atoms with Crippen LogP contribution in [-0.4, -0.2) is 61.5 Å². The third-order valence-corrected chi connectivity index (χ3v) is 4.20. The van der Waals surface area contributed by atoms with Crippen molar-refractivity contribution in [3.05, 3.63) is 0 Å². The number of nitrogens with one attached hydrogen (secondary N) is 1. The molecule has 0 aromatic carbocycles. The summed E-state index contributed by atoms with van der Waals surface area (Å²) in [5.74, 6) is 0. The second kappa shape index (κ2) is 7.43. The molecule has 106 valence electrons. The minimum atomic E-state index is -0.443. The maximum absolute atomic E-state index is 10.5. The van der Waals surface area contributed by atoms with Crippen LogP contribution in [0.1, 0.15) is 38.5 Å². The molecule has 4 nitrogen and oxygen atoms in total. The summed E-state index contributed by atoms with van der Waals surface area (Å²) in [5, 5.41) is 13.9. The maximum atomic E-state index is 10.5. The van der Waals surface area contributed by atoms with Crippen LogP contribution in [0.2, 0.25) is 0 Å². The Morgan fingerprint density at radius 3 is 2.39 bits per heavy atom. The Hall–Kier alpha value is -0.160. The Labute approximate surface area is 111 Å². The van der Waals surface area contributed by atoms with E-state index in [0.29, 0.717) is 0 Å². The Kier molecular flexibility index (Phi) is 5.89. The first kappa shape index (κ1) is 14.3. The van der Waals surface area contributed by atoms with Crippen LogP contribution < -0.4 is 5.32 Å². The fourth-order valence-corrected chi connectivity index (χ4v) is 2.95. The van der Waals surface area contributed by atoms with Crippen molar-refractivity contribution < 1.29 is 9.84 Å². The standard InChI is InChI=1S/C14H28N2O2/c17-14(5-3-1-2-4-6-14)13-15-7-8-16-9-11-18-12-10-16/h15,17H,1-13H2. The highest BCUT2D eigenvalue weighted by Gasteiger charge is 2.27. The zero-order valence-corrected chi connectivity index (χ0v) is 11.5. The first-order valence-electron chi connectivity index (χ1n) is 7.52. The van der Waals surface area contributed by atoms with Crippen molar-refractivity contribution >= 4 is 0 Å². The highest BCUT2D eigenvalue weighted by Crippen LogP contribution is 2.26. The van der Waals surface area contributed by atoms with E-state index in [9.17, 15) is 5.11 Å². The zero-order chi connectivity index (χ0) is 12.7. The lowest BCUT2D eigenvalue weighted by molar-refractivity contribution is 0.0209. The van der Waals surface area contributed by atoms with Crippen molar-refractivity contribution in [2.75, 3.05) is 45.9 Å². The van der Waals surface area contributed by atoms with Gasteiger partial charge in [-0.05, 0) is 12.8 Å². The second-order valence-corrected chi connectivity index (χ2v) is 5.77. The van der Waals surface area contributed by atoms with Gasteiger partial charge in [0.1, 0.15) is 0 Å². The third-order valence-electron chi connectivity index (χ3n) is 4.20. The summed E-state index contributed by atoms with van der Waals surface area (Å²) in [7, 11) is 0. The van der Waals surface area contributed by atoms with E-state index in [-0.39, 0.29) is 0 Å². The van der Waals surface area contributed by atoms with Gasteiger partial charge >= 0.3 is 0 Å². The summed E-state index contributed by atoms with van der Waals surface area (Å²) >= 11 is 0. The number of hydrogen-bond acceptors (Lipinski definition) is 4. The molecule has 2 N–H and O–H groups in total. The van der Waals surface area contributed by atoms with E-state index in [4.69, 9.17) is 4.74 Å². The van der Waals surface area contributed by atoms with Crippen LogP contribution in [-0.2, 0) is 4.74 Å². The third kappa shape index (κ3) is 4.84. The minimum Gasteiger partial charge on any atom is -0.389 e. The Balaban J connectivity index is 1.58. The van der Waals surface area contributed by atoms with Gasteiger partial charge in [0.25, 0.3) is 0 Å². The number of ether oxygens (including phenoxy) is 1. The zero-order valence-electron chi connectivity index (χ0n) is 11.5. The number of nitrogens with zero attached hydrogens (tertiary/aromatic N) is 1. The molecule has 1 aliphatic heterocycles. The minimum absolute atomic E-state index is 0.443. The summed E-state index contributed by atoms with van der Waals surface area (Å²) in [6.45, 7) is 6.63. The number of hydrogen-bond donors (Lipinski definition) is 2. The van der Waals surface area contributed by atoms with Crippen molar-refractivity contribution in [1.82, 2.24) is 10.2 Å². The van der Waals surface area contributed by atoms with Crippen molar-refractivity contribution in [2.24, 2.45) is 0 Å². The molecule has 1 heterocycles. The summed E-state index contributed by atoms with van der Waals surface area (Å²) in [4.78, 5) is 2.42. The highest BCUT2D eigenvalue weighted by atomic mass is 16.5. The molecule has 4 heteroatoms. The molecule has 0 amide bonds. The molecule has 0 unspecified atom stereocenters. The molecule has 0 aromatic rings. The van der Waals surface area contributed by atoms with Gasteiger partial charge in [-0.2, -0.15) is 0 Å². The molecule has 18 heavy (non-hydrogen) atoms. The number of rotatable bonds is 5. The maximum Gasteiger partial charge on any atom is 0.0771 e. The number of morpholine rings is 1. The van der Waals surface area contributed by atoms with E-state index in [2.05, 4.69) is 10.2 Å². The SMILES string of the molecule is OC1(CNCCN2CCOCC2)CCCCCC1. The van der Waals surface area contributed by atoms with Gasteiger partial charge in [-0.25, -0.2) is 0 Å². The molecule has 1 aliphatic carbocycles. The van der Waals surface area contributed by atoms with Gasteiger partial charge in [-0.15, -0.1) is 0 Å². The van der Waals surface area contributed by atoms with Crippen LogP contribution in [0.5, 0.6) is 0 Å². The average molecular weight is 256 g/mol. The van der Waals surface area contributed by atoms with Crippen LogP contribution in [0.4, 0.5) is 0 Å². The average Bonchev–Trinajstić information content (AvgIpc) is 2.61. The molecule has 2 aliphatic rings. The van der Waals surface area contributed by atoms with Gasteiger partial charge in [0.2, 0.25) is 0 Å². The summed E-state index contributed by atoms with van der Waals surface area (Å²) in [6.07, 6.45) is 6.88. The predicted octanol–water partition coefficient (Wildman–Crippen LogP) is 0.993. The topological polar surface area (TPSA) is 44.7 Å². The van der Waals surface area contributed by atoms with Crippen molar-refractivity contribution in [1.29, 1.82) is 0 Å². The number of aliphatic hydroxyl groups is 1. The largest absolute Gasteiger partial charge is 0.389 e. The molecule has 0 aromatic heterocycles. The normalized spacial score (nSPS) is 25.8. The molecule has 0 atom stereocenters. The first-order chi connectivity index (χ1) is 8.79. The van der Waals surface area contributed by atoms with Crippen LogP contribution in [0.3, 0.4) is 0 Å².